The lowest BCUT2D eigenvalue weighted by Gasteiger charge is -2.01. The van der Waals surface area contributed by atoms with Crippen molar-refractivity contribution in [1.29, 1.82) is 0 Å². The zero-order valence-corrected chi connectivity index (χ0v) is 5.27. The lowest BCUT2D eigenvalue weighted by molar-refractivity contribution is 0.567. The van der Waals surface area contributed by atoms with E-state index in [2.05, 4.69) is 6.08 Å². The van der Waals surface area contributed by atoms with E-state index in [1.807, 2.05) is 25.0 Å². The Labute approximate surface area is 54.4 Å². The minimum Gasteiger partial charge on any atom is -0.233 e. The standard InChI is InChI=1S/C8H7O/c1-7-4-2-3-5-8(7)6-9/h2-3H,5H2,1H3. The minimum atomic E-state index is 0.711. The molecule has 0 aromatic carbocycles. The van der Waals surface area contributed by atoms with Gasteiger partial charge in [-0.05, 0) is 18.6 Å². The summed E-state index contributed by atoms with van der Waals surface area (Å²) in [6, 6.07) is 0. The molecule has 1 rings (SSSR count). The van der Waals surface area contributed by atoms with Crippen molar-refractivity contribution < 1.29 is 4.79 Å². The van der Waals surface area contributed by atoms with Crippen LogP contribution in [0.25, 0.3) is 0 Å². The molecule has 0 heterocycles. The fourth-order valence-corrected chi connectivity index (χ4v) is 0.719. The van der Waals surface area contributed by atoms with Gasteiger partial charge >= 0.3 is 0 Å². The highest BCUT2D eigenvalue weighted by Crippen LogP contribution is 2.14. The number of hydrogen-bond donors (Lipinski definition) is 0. The highest BCUT2D eigenvalue weighted by atomic mass is 16.1. The molecule has 1 heteroatoms. The van der Waals surface area contributed by atoms with Gasteiger partial charge in [-0.1, -0.05) is 12.2 Å². The van der Waals surface area contributed by atoms with Crippen LogP contribution in [0.4, 0.5) is 0 Å². The first-order chi connectivity index (χ1) is 4.34. The summed E-state index contributed by atoms with van der Waals surface area (Å²) in [5.74, 6) is 1.87. The first-order valence-corrected chi connectivity index (χ1v) is 2.84. The second-order valence-electron chi connectivity index (χ2n) is 1.96. The van der Waals surface area contributed by atoms with E-state index in [9.17, 15) is 4.79 Å². The van der Waals surface area contributed by atoms with Crippen molar-refractivity contribution >= 4 is 5.94 Å². The molecule has 9 heavy (non-hydrogen) atoms. The van der Waals surface area contributed by atoms with E-state index in [0.717, 1.165) is 11.1 Å². The Balaban J connectivity index is 2.96. The molecule has 0 aliphatic heterocycles. The largest absolute Gasteiger partial charge is 0.233 e. The maximum atomic E-state index is 10.1. The molecule has 1 aliphatic rings. The van der Waals surface area contributed by atoms with Crippen LogP contribution < -0.4 is 0 Å². The molecule has 0 atom stereocenters. The van der Waals surface area contributed by atoms with Crippen molar-refractivity contribution in [3.63, 3.8) is 0 Å². The van der Waals surface area contributed by atoms with Crippen LogP contribution in [0.15, 0.2) is 23.3 Å². The van der Waals surface area contributed by atoms with Gasteiger partial charge in [0.15, 0.2) is 0 Å². The molecular formula is C8H7O. The molecule has 0 saturated heterocycles. The molecule has 0 bridgehead atoms. The zero-order chi connectivity index (χ0) is 6.69. The third-order valence-electron chi connectivity index (χ3n) is 1.32. The van der Waals surface area contributed by atoms with Gasteiger partial charge in [0.1, 0.15) is 5.94 Å². The fraction of sp³-hybridized carbons (Fsp3) is 0.250. The van der Waals surface area contributed by atoms with Crippen molar-refractivity contribution in [2.75, 3.05) is 0 Å². The van der Waals surface area contributed by atoms with Crippen molar-refractivity contribution in [2.45, 2.75) is 13.3 Å². The molecule has 0 amide bonds. The minimum absolute atomic E-state index is 0.711. The molecule has 1 aliphatic carbocycles. The van der Waals surface area contributed by atoms with Gasteiger partial charge in [-0.3, -0.25) is 0 Å². The smallest absolute Gasteiger partial charge is 0.128 e. The summed E-state index contributed by atoms with van der Waals surface area (Å²) in [6.45, 7) is 1.86. The van der Waals surface area contributed by atoms with Gasteiger partial charge in [-0.2, -0.15) is 0 Å². The van der Waals surface area contributed by atoms with E-state index < -0.39 is 0 Å². The molecule has 0 N–H and O–H groups in total. The Kier molecular flexibility index (Phi) is 1.66. The molecule has 0 unspecified atom stereocenters. The molecule has 0 aromatic rings. The second-order valence-corrected chi connectivity index (χ2v) is 1.96. The van der Waals surface area contributed by atoms with E-state index in [1.165, 1.54) is 0 Å². The van der Waals surface area contributed by atoms with Crippen LogP contribution in [0.3, 0.4) is 0 Å². The SMILES string of the molecule is CC1=[C]C=CCC1=C=O. The molecule has 1 radical (unpaired) electrons. The lowest BCUT2D eigenvalue weighted by Crippen LogP contribution is -1.88. The molecule has 0 fully saturated rings. The Morgan fingerprint density at radius 2 is 2.56 bits per heavy atom. The third kappa shape index (κ3) is 1.18. The summed E-state index contributed by atoms with van der Waals surface area (Å²) in [5, 5.41) is 0. The maximum absolute atomic E-state index is 10.1. The Bertz CT molecular complexity index is 215. The normalized spacial score (nSPS) is 17.0. The van der Waals surface area contributed by atoms with Gasteiger partial charge in [-0.25, -0.2) is 4.79 Å². The zero-order valence-electron chi connectivity index (χ0n) is 5.27. The number of carbonyl (C=O) groups excluding carboxylic acids is 1. The fourth-order valence-electron chi connectivity index (χ4n) is 0.719. The van der Waals surface area contributed by atoms with Gasteiger partial charge in [0.05, 0.1) is 0 Å². The van der Waals surface area contributed by atoms with Crippen molar-refractivity contribution in [3.05, 3.63) is 29.4 Å². The van der Waals surface area contributed by atoms with E-state index in [-0.39, 0.29) is 0 Å². The highest BCUT2D eigenvalue weighted by molar-refractivity contribution is 5.61. The Hall–Kier alpha value is -1.07. The Morgan fingerprint density at radius 3 is 3.00 bits per heavy atom. The van der Waals surface area contributed by atoms with E-state index in [4.69, 9.17) is 0 Å². The van der Waals surface area contributed by atoms with Crippen LogP contribution in [0, 0.1) is 6.08 Å². The van der Waals surface area contributed by atoms with E-state index in [0.29, 0.717) is 6.42 Å². The van der Waals surface area contributed by atoms with Crippen LogP contribution in [-0.2, 0) is 4.79 Å². The van der Waals surface area contributed by atoms with Gasteiger partial charge in [-0.15, -0.1) is 0 Å². The van der Waals surface area contributed by atoms with Crippen LogP contribution in [0.1, 0.15) is 13.3 Å². The quantitative estimate of drug-likeness (QED) is 0.441. The van der Waals surface area contributed by atoms with E-state index in [1.54, 1.807) is 0 Å². The lowest BCUT2D eigenvalue weighted by atomic mass is 10.0. The van der Waals surface area contributed by atoms with Gasteiger partial charge in [0, 0.05) is 12.0 Å². The third-order valence-corrected chi connectivity index (χ3v) is 1.32. The number of allylic oxidation sites excluding steroid dienone is 5. The first kappa shape index (κ1) is 6.06. The monoisotopic (exact) mass is 119 g/mol. The van der Waals surface area contributed by atoms with Crippen LogP contribution in [-0.4, -0.2) is 5.94 Å². The average molecular weight is 119 g/mol. The summed E-state index contributed by atoms with van der Waals surface area (Å²) in [4.78, 5) is 10.1. The van der Waals surface area contributed by atoms with Crippen molar-refractivity contribution in [2.24, 2.45) is 0 Å². The highest BCUT2D eigenvalue weighted by Gasteiger charge is 2.00. The molecule has 0 saturated carbocycles. The van der Waals surface area contributed by atoms with Gasteiger partial charge in [0.25, 0.3) is 0 Å². The Morgan fingerprint density at radius 1 is 1.78 bits per heavy atom. The summed E-state index contributed by atoms with van der Waals surface area (Å²) >= 11 is 0. The van der Waals surface area contributed by atoms with Crippen LogP contribution in [0.5, 0.6) is 0 Å². The van der Waals surface area contributed by atoms with Crippen LogP contribution in [0.2, 0.25) is 0 Å². The summed E-state index contributed by atoms with van der Waals surface area (Å²) in [5.41, 5.74) is 1.63. The summed E-state index contributed by atoms with van der Waals surface area (Å²) in [7, 11) is 0. The van der Waals surface area contributed by atoms with Crippen molar-refractivity contribution in [3.8, 4) is 0 Å². The first-order valence-electron chi connectivity index (χ1n) is 2.84. The number of hydrogen-bond acceptors (Lipinski definition) is 1. The topological polar surface area (TPSA) is 17.1 Å². The predicted octanol–water partition coefficient (Wildman–Crippen LogP) is 1.45. The van der Waals surface area contributed by atoms with Crippen LogP contribution >= 0.6 is 0 Å². The number of rotatable bonds is 0. The molecule has 45 valence electrons. The van der Waals surface area contributed by atoms with Gasteiger partial charge < -0.3 is 0 Å². The molecule has 0 aromatic heterocycles. The molecule has 1 nitrogen and oxygen atoms in total. The van der Waals surface area contributed by atoms with Crippen molar-refractivity contribution in [1.82, 2.24) is 0 Å². The summed E-state index contributed by atoms with van der Waals surface area (Å²) in [6.07, 6.45) is 7.36. The average Bonchev–Trinajstić information content (AvgIpc) is 1.89. The van der Waals surface area contributed by atoms with E-state index >= 15 is 0 Å². The maximum Gasteiger partial charge on any atom is 0.128 e. The summed E-state index contributed by atoms with van der Waals surface area (Å²) < 4.78 is 0. The molecular weight excluding hydrogens is 112 g/mol. The molecule has 0 spiro atoms. The second kappa shape index (κ2) is 2.47. The predicted molar refractivity (Wildman–Crippen MR) is 35.4 cm³/mol. The van der Waals surface area contributed by atoms with Gasteiger partial charge in [0.2, 0.25) is 0 Å².